The number of ether oxygens (including phenoxy) is 1. The van der Waals surface area contributed by atoms with E-state index in [4.69, 9.17) is 9.57 Å². The van der Waals surface area contributed by atoms with Crippen molar-refractivity contribution in [2.45, 2.75) is 6.23 Å². The fraction of sp³-hybridized carbons (Fsp3) is 0.273. The Morgan fingerprint density at radius 1 is 1.21 bits per heavy atom. The number of methoxy groups -OCH3 is 1. The van der Waals surface area contributed by atoms with Gasteiger partial charge in [0.15, 0.2) is 6.23 Å². The summed E-state index contributed by atoms with van der Waals surface area (Å²) in [5, 5.41) is 1.68. The minimum Gasteiger partial charge on any atom is -0.355 e. The van der Waals surface area contributed by atoms with Crippen molar-refractivity contribution < 1.29 is 9.57 Å². The topological polar surface area (TPSA) is 21.7 Å². The summed E-state index contributed by atoms with van der Waals surface area (Å²) in [4.78, 5) is 5.17. The Kier molecular flexibility index (Phi) is 2.52. The molecule has 0 saturated carbocycles. The number of hydrogen-bond donors (Lipinski definition) is 0. The van der Waals surface area contributed by atoms with E-state index in [1.54, 1.807) is 19.3 Å². The highest BCUT2D eigenvalue weighted by Crippen LogP contribution is 2.30. The van der Waals surface area contributed by atoms with E-state index in [2.05, 4.69) is 6.07 Å². The number of fused-ring (bicyclic) bond motifs is 1. The molecule has 1 unspecified atom stereocenters. The van der Waals surface area contributed by atoms with Gasteiger partial charge in [0.1, 0.15) is 0 Å². The molecule has 0 aromatic heterocycles. The van der Waals surface area contributed by atoms with Crippen molar-refractivity contribution in [1.29, 1.82) is 0 Å². The zero-order valence-electron chi connectivity index (χ0n) is 8.31. The molecule has 1 heterocycles. The standard InChI is InChI=1S/C11H13NO2/c1-13-11-10-6-4-3-5-9(10)7-8-12(11)14-2/h3-8,11H,1-2H3. The van der Waals surface area contributed by atoms with Gasteiger partial charge in [0.05, 0.1) is 7.11 Å². The van der Waals surface area contributed by atoms with Gasteiger partial charge in [-0.25, -0.2) is 5.06 Å². The number of rotatable bonds is 2. The van der Waals surface area contributed by atoms with Crippen LogP contribution in [0.3, 0.4) is 0 Å². The number of hydrogen-bond acceptors (Lipinski definition) is 3. The predicted molar refractivity (Wildman–Crippen MR) is 54.1 cm³/mol. The summed E-state index contributed by atoms with van der Waals surface area (Å²) in [5.74, 6) is 0. The quantitative estimate of drug-likeness (QED) is 0.715. The fourth-order valence-corrected chi connectivity index (χ4v) is 1.64. The molecule has 0 spiro atoms. The average Bonchev–Trinajstić information content (AvgIpc) is 2.27. The Morgan fingerprint density at radius 2 is 2.00 bits per heavy atom. The molecule has 1 aliphatic heterocycles. The Morgan fingerprint density at radius 3 is 2.71 bits per heavy atom. The first kappa shape index (κ1) is 9.24. The van der Waals surface area contributed by atoms with Crippen LogP contribution in [0.2, 0.25) is 0 Å². The van der Waals surface area contributed by atoms with Gasteiger partial charge < -0.3 is 4.74 Å². The average molecular weight is 191 g/mol. The molecular weight excluding hydrogens is 178 g/mol. The molecule has 14 heavy (non-hydrogen) atoms. The van der Waals surface area contributed by atoms with Gasteiger partial charge in [0, 0.05) is 18.9 Å². The van der Waals surface area contributed by atoms with Crippen LogP contribution in [0.5, 0.6) is 0 Å². The predicted octanol–water partition coefficient (Wildman–Crippen LogP) is 2.18. The Bertz CT molecular complexity index is 349. The Balaban J connectivity index is 2.42. The third-order valence-corrected chi connectivity index (χ3v) is 2.33. The molecule has 0 amide bonds. The number of benzene rings is 1. The van der Waals surface area contributed by atoms with E-state index < -0.39 is 0 Å². The zero-order valence-corrected chi connectivity index (χ0v) is 8.31. The van der Waals surface area contributed by atoms with Crippen LogP contribution in [-0.2, 0) is 9.57 Å². The summed E-state index contributed by atoms with van der Waals surface area (Å²) < 4.78 is 5.37. The van der Waals surface area contributed by atoms with Gasteiger partial charge in [0.2, 0.25) is 0 Å². The van der Waals surface area contributed by atoms with E-state index in [1.807, 2.05) is 30.5 Å². The highest BCUT2D eigenvalue weighted by molar-refractivity contribution is 5.56. The lowest BCUT2D eigenvalue weighted by Crippen LogP contribution is -2.26. The number of nitrogens with zero attached hydrogens (tertiary/aromatic N) is 1. The maximum absolute atomic E-state index is 5.37. The second-order valence-electron chi connectivity index (χ2n) is 3.08. The van der Waals surface area contributed by atoms with E-state index >= 15 is 0 Å². The summed E-state index contributed by atoms with van der Waals surface area (Å²) in [7, 11) is 3.30. The van der Waals surface area contributed by atoms with Crippen molar-refractivity contribution in [1.82, 2.24) is 5.06 Å². The molecule has 0 radical (unpaired) electrons. The zero-order chi connectivity index (χ0) is 9.97. The molecule has 1 atom stereocenters. The van der Waals surface area contributed by atoms with E-state index in [0.717, 1.165) is 5.56 Å². The van der Waals surface area contributed by atoms with Gasteiger partial charge in [-0.2, -0.15) is 0 Å². The van der Waals surface area contributed by atoms with Crippen molar-refractivity contribution in [3.05, 3.63) is 41.6 Å². The molecule has 74 valence electrons. The third kappa shape index (κ3) is 1.41. The minimum atomic E-state index is -0.152. The van der Waals surface area contributed by atoms with Crippen LogP contribution in [0.15, 0.2) is 30.5 Å². The molecule has 1 aliphatic rings. The van der Waals surface area contributed by atoms with Crippen LogP contribution in [0.4, 0.5) is 0 Å². The van der Waals surface area contributed by atoms with E-state index in [0.29, 0.717) is 0 Å². The number of hydroxylamine groups is 2. The van der Waals surface area contributed by atoms with Gasteiger partial charge in [-0.15, -0.1) is 0 Å². The SMILES string of the molecule is COC1c2ccccc2C=CN1OC. The summed E-state index contributed by atoms with van der Waals surface area (Å²) >= 11 is 0. The Hall–Kier alpha value is -1.32. The molecule has 0 saturated heterocycles. The first-order valence-corrected chi connectivity index (χ1v) is 4.49. The Labute approximate surface area is 83.5 Å². The highest BCUT2D eigenvalue weighted by Gasteiger charge is 2.22. The van der Waals surface area contributed by atoms with Crippen molar-refractivity contribution in [2.75, 3.05) is 14.2 Å². The first-order valence-electron chi connectivity index (χ1n) is 4.49. The largest absolute Gasteiger partial charge is 0.355 e. The summed E-state index contributed by atoms with van der Waals surface area (Å²) in [6, 6.07) is 8.11. The molecule has 0 aliphatic carbocycles. The van der Waals surface area contributed by atoms with Gasteiger partial charge in [-0.3, -0.25) is 4.84 Å². The summed E-state index contributed by atoms with van der Waals surface area (Å²) in [5.41, 5.74) is 2.30. The van der Waals surface area contributed by atoms with Crippen LogP contribution < -0.4 is 0 Å². The van der Waals surface area contributed by atoms with Gasteiger partial charge in [0.25, 0.3) is 0 Å². The highest BCUT2D eigenvalue weighted by atomic mass is 16.7. The van der Waals surface area contributed by atoms with Crippen LogP contribution in [0, 0.1) is 0 Å². The van der Waals surface area contributed by atoms with E-state index in [9.17, 15) is 0 Å². The maximum Gasteiger partial charge on any atom is 0.179 e. The smallest absolute Gasteiger partial charge is 0.179 e. The third-order valence-electron chi connectivity index (χ3n) is 2.33. The second-order valence-corrected chi connectivity index (χ2v) is 3.08. The van der Waals surface area contributed by atoms with Gasteiger partial charge in [-0.05, 0) is 11.6 Å². The minimum absolute atomic E-state index is 0.152. The second kappa shape index (κ2) is 3.82. The maximum atomic E-state index is 5.37. The summed E-state index contributed by atoms with van der Waals surface area (Å²) in [6.45, 7) is 0. The van der Waals surface area contributed by atoms with Crippen molar-refractivity contribution in [2.24, 2.45) is 0 Å². The molecule has 0 N–H and O–H groups in total. The van der Waals surface area contributed by atoms with E-state index in [-0.39, 0.29) is 6.23 Å². The molecule has 0 bridgehead atoms. The molecule has 3 heteroatoms. The normalized spacial score (nSPS) is 19.6. The molecule has 1 aromatic rings. The van der Waals surface area contributed by atoms with Crippen molar-refractivity contribution in [3.8, 4) is 0 Å². The molecule has 3 nitrogen and oxygen atoms in total. The van der Waals surface area contributed by atoms with Crippen LogP contribution in [0.1, 0.15) is 17.4 Å². The summed E-state index contributed by atoms with van der Waals surface area (Å²) in [6.07, 6.45) is 3.73. The lowest BCUT2D eigenvalue weighted by Gasteiger charge is -2.31. The first-order chi connectivity index (χ1) is 6.86. The van der Waals surface area contributed by atoms with Crippen molar-refractivity contribution in [3.63, 3.8) is 0 Å². The lowest BCUT2D eigenvalue weighted by molar-refractivity contribution is -0.200. The lowest BCUT2D eigenvalue weighted by atomic mass is 10.0. The monoisotopic (exact) mass is 191 g/mol. The molecular formula is C11H13NO2. The fourth-order valence-electron chi connectivity index (χ4n) is 1.64. The van der Waals surface area contributed by atoms with Gasteiger partial charge in [-0.1, -0.05) is 24.3 Å². The van der Waals surface area contributed by atoms with Gasteiger partial charge >= 0.3 is 0 Å². The van der Waals surface area contributed by atoms with Crippen LogP contribution in [0.25, 0.3) is 6.08 Å². The molecule has 2 rings (SSSR count). The van der Waals surface area contributed by atoms with Crippen LogP contribution in [-0.4, -0.2) is 19.3 Å². The molecule has 0 fully saturated rings. The molecule has 1 aromatic carbocycles. The van der Waals surface area contributed by atoms with Crippen molar-refractivity contribution >= 4 is 6.08 Å². The van der Waals surface area contributed by atoms with E-state index in [1.165, 1.54) is 5.56 Å². The van der Waals surface area contributed by atoms with Crippen LogP contribution >= 0.6 is 0 Å².